The first kappa shape index (κ1) is 14.4. The number of para-hydroxylation sites is 1. The molecule has 1 N–H and O–H groups in total. The molecule has 0 aliphatic carbocycles. The predicted octanol–water partition coefficient (Wildman–Crippen LogP) is 3.42. The molecule has 2 unspecified atom stereocenters. The molecule has 21 heavy (non-hydrogen) atoms. The molecule has 2 aliphatic rings. The van der Waals surface area contributed by atoms with E-state index < -0.39 is 0 Å². The summed E-state index contributed by atoms with van der Waals surface area (Å²) in [7, 11) is 0. The Hall–Kier alpha value is -1.51. The molecule has 1 aromatic carbocycles. The second-order valence-corrected chi connectivity index (χ2v) is 7.62. The Morgan fingerprint density at radius 2 is 2.05 bits per heavy atom. The normalized spacial score (nSPS) is 30.1. The topological polar surface area (TPSA) is 38.3 Å². The van der Waals surface area contributed by atoms with E-state index in [0.717, 1.165) is 18.6 Å². The van der Waals surface area contributed by atoms with Crippen molar-refractivity contribution in [2.75, 3.05) is 0 Å². The van der Waals surface area contributed by atoms with Crippen LogP contribution in [-0.4, -0.2) is 17.6 Å². The van der Waals surface area contributed by atoms with Crippen LogP contribution in [0.25, 0.3) is 0 Å². The summed E-state index contributed by atoms with van der Waals surface area (Å²) >= 11 is 0. The first-order valence-electron chi connectivity index (χ1n) is 7.90. The summed E-state index contributed by atoms with van der Waals surface area (Å²) < 4.78 is 6.16. The highest BCUT2D eigenvalue weighted by Gasteiger charge is 2.54. The first-order valence-corrected chi connectivity index (χ1v) is 7.90. The van der Waals surface area contributed by atoms with Crippen LogP contribution in [0, 0.1) is 5.92 Å². The summed E-state index contributed by atoms with van der Waals surface area (Å²) in [5, 5.41) is 3.23. The van der Waals surface area contributed by atoms with Gasteiger partial charge in [-0.3, -0.25) is 4.79 Å². The lowest BCUT2D eigenvalue weighted by Gasteiger charge is -2.46. The highest BCUT2D eigenvalue weighted by Crippen LogP contribution is 2.51. The van der Waals surface area contributed by atoms with Crippen LogP contribution >= 0.6 is 0 Å². The van der Waals surface area contributed by atoms with Crippen molar-refractivity contribution in [2.45, 2.75) is 64.0 Å². The zero-order chi connectivity index (χ0) is 15.3. The minimum absolute atomic E-state index is 0.125. The third-order valence-electron chi connectivity index (χ3n) is 4.74. The van der Waals surface area contributed by atoms with Crippen molar-refractivity contribution in [1.29, 1.82) is 0 Å². The largest absolute Gasteiger partial charge is 0.488 e. The fourth-order valence-electron chi connectivity index (χ4n) is 4.17. The van der Waals surface area contributed by atoms with Crippen LogP contribution < -0.4 is 10.1 Å². The van der Waals surface area contributed by atoms with Gasteiger partial charge >= 0.3 is 0 Å². The molecule has 3 nitrogen and oxygen atoms in total. The second-order valence-electron chi connectivity index (χ2n) is 7.62. The Morgan fingerprint density at radius 1 is 1.33 bits per heavy atom. The van der Waals surface area contributed by atoms with E-state index in [4.69, 9.17) is 4.74 Å². The van der Waals surface area contributed by atoms with Gasteiger partial charge in [-0.25, -0.2) is 0 Å². The van der Waals surface area contributed by atoms with E-state index in [1.165, 1.54) is 5.56 Å². The van der Waals surface area contributed by atoms with Gasteiger partial charge in [0.1, 0.15) is 11.4 Å². The molecule has 2 aliphatic heterocycles. The van der Waals surface area contributed by atoms with Gasteiger partial charge in [0, 0.05) is 23.4 Å². The van der Waals surface area contributed by atoms with Gasteiger partial charge in [-0.1, -0.05) is 32.0 Å². The van der Waals surface area contributed by atoms with Crippen molar-refractivity contribution in [3.05, 3.63) is 29.8 Å². The highest BCUT2D eigenvalue weighted by molar-refractivity contribution is 5.82. The maximum atomic E-state index is 12.2. The lowest BCUT2D eigenvalue weighted by molar-refractivity contribution is -0.119. The third kappa shape index (κ3) is 2.43. The first-order chi connectivity index (χ1) is 9.82. The van der Waals surface area contributed by atoms with E-state index in [0.29, 0.717) is 12.3 Å². The van der Waals surface area contributed by atoms with E-state index in [2.05, 4.69) is 45.1 Å². The fourth-order valence-corrected chi connectivity index (χ4v) is 4.17. The van der Waals surface area contributed by atoms with Gasteiger partial charge in [-0.2, -0.15) is 0 Å². The molecule has 1 amide bonds. The zero-order valence-electron chi connectivity index (χ0n) is 13.4. The molecule has 1 fully saturated rings. The van der Waals surface area contributed by atoms with Crippen LogP contribution in [0.2, 0.25) is 0 Å². The SMILES string of the molecule is CC(C)CC1NC(=O)CC12CC(C)(C)Oc1ccccc12. The third-order valence-corrected chi connectivity index (χ3v) is 4.74. The Kier molecular flexibility index (Phi) is 3.27. The molecule has 3 heteroatoms. The molecule has 1 saturated heterocycles. The number of carbonyl (C=O) groups is 1. The molecule has 0 bridgehead atoms. The van der Waals surface area contributed by atoms with E-state index in [-0.39, 0.29) is 23.0 Å². The molecule has 2 atom stereocenters. The number of benzene rings is 1. The number of hydrogen-bond donors (Lipinski definition) is 1. The van der Waals surface area contributed by atoms with Gasteiger partial charge in [0.15, 0.2) is 0 Å². The van der Waals surface area contributed by atoms with Crippen LogP contribution in [-0.2, 0) is 10.2 Å². The van der Waals surface area contributed by atoms with Crippen molar-refractivity contribution < 1.29 is 9.53 Å². The van der Waals surface area contributed by atoms with Crippen LogP contribution in [0.1, 0.15) is 52.5 Å². The van der Waals surface area contributed by atoms with Crippen LogP contribution in [0.15, 0.2) is 24.3 Å². The average molecular weight is 287 g/mol. The summed E-state index contributed by atoms with van der Waals surface area (Å²) in [6, 6.07) is 8.44. The van der Waals surface area contributed by atoms with Gasteiger partial charge in [0.2, 0.25) is 5.91 Å². The van der Waals surface area contributed by atoms with E-state index in [1.807, 2.05) is 12.1 Å². The van der Waals surface area contributed by atoms with Crippen molar-refractivity contribution in [3.63, 3.8) is 0 Å². The molecule has 1 aromatic rings. The summed E-state index contributed by atoms with van der Waals surface area (Å²) in [6.45, 7) is 8.68. The Bertz CT molecular complexity index is 564. The number of nitrogens with one attached hydrogen (secondary N) is 1. The molecule has 3 rings (SSSR count). The Balaban J connectivity index is 2.11. The number of ether oxygens (including phenoxy) is 1. The minimum Gasteiger partial charge on any atom is -0.488 e. The van der Waals surface area contributed by atoms with Crippen LogP contribution in [0.5, 0.6) is 5.75 Å². The maximum Gasteiger partial charge on any atom is 0.221 e. The Morgan fingerprint density at radius 3 is 2.76 bits per heavy atom. The van der Waals surface area contributed by atoms with Crippen molar-refractivity contribution in [1.82, 2.24) is 5.32 Å². The van der Waals surface area contributed by atoms with Crippen molar-refractivity contribution in [2.24, 2.45) is 5.92 Å². The summed E-state index contributed by atoms with van der Waals surface area (Å²) in [5.41, 5.74) is 0.837. The van der Waals surface area contributed by atoms with Crippen LogP contribution in [0.3, 0.4) is 0 Å². The molecular weight excluding hydrogens is 262 g/mol. The molecule has 1 spiro atoms. The molecule has 0 saturated carbocycles. The van der Waals surface area contributed by atoms with Gasteiger partial charge in [0.25, 0.3) is 0 Å². The fraction of sp³-hybridized carbons (Fsp3) is 0.611. The summed E-state index contributed by atoms with van der Waals surface area (Å²) in [4.78, 5) is 12.2. The monoisotopic (exact) mass is 287 g/mol. The molecular formula is C18H25NO2. The number of hydrogen-bond acceptors (Lipinski definition) is 2. The van der Waals surface area contributed by atoms with Gasteiger partial charge in [-0.05, 0) is 38.7 Å². The molecule has 2 heterocycles. The molecule has 0 radical (unpaired) electrons. The zero-order valence-corrected chi connectivity index (χ0v) is 13.4. The smallest absolute Gasteiger partial charge is 0.221 e. The maximum absolute atomic E-state index is 12.2. The second kappa shape index (κ2) is 4.75. The van der Waals surface area contributed by atoms with Gasteiger partial charge < -0.3 is 10.1 Å². The summed E-state index contributed by atoms with van der Waals surface area (Å²) in [5.74, 6) is 1.68. The number of fused-ring (bicyclic) bond motifs is 2. The number of amides is 1. The number of carbonyl (C=O) groups excluding carboxylic acids is 1. The van der Waals surface area contributed by atoms with E-state index in [9.17, 15) is 4.79 Å². The van der Waals surface area contributed by atoms with Crippen molar-refractivity contribution in [3.8, 4) is 5.75 Å². The van der Waals surface area contributed by atoms with Gasteiger partial charge in [0.05, 0.1) is 0 Å². The standard InChI is InChI=1S/C18H25NO2/c1-12(2)9-15-18(10-16(20)19-15)11-17(3,4)21-14-8-6-5-7-13(14)18/h5-8,12,15H,9-11H2,1-4H3,(H,19,20). The highest BCUT2D eigenvalue weighted by atomic mass is 16.5. The molecule has 0 aromatic heterocycles. The molecule has 114 valence electrons. The quantitative estimate of drug-likeness (QED) is 0.905. The predicted molar refractivity (Wildman–Crippen MR) is 83.4 cm³/mol. The van der Waals surface area contributed by atoms with Gasteiger partial charge in [-0.15, -0.1) is 0 Å². The average Bonchev–Trinajstić information content (AvgIpc) is 2.63. The van der Waals surface area contributed by atoms with E-state index in [1.54, 1.807) is 0 Å². The lowest BCUT2D eigenvalue weighted by atomic mass is 9.65. The summed E-state index contributed by atoms with van der Waals surface area (Å²) in [6.07, 6.45) is 2.47. The Labute approximate surface area is 127 Å². The van der Waals surface area contributed by atoms with Crippen molar-refractivity contribution >= 4 is 5.91 Å². The number of rotatable bonds is 2. The minimum atomic E-state index is -0.240. The lowest BCUT2D eigenvalue weighted by Crippen LogP contribution is -2.50. The van der Waals surface area contributed by atoms with E-state index >= 15 is 0 Å². The van der Waals surface area contributed by atoms with Crippen LogP contribution in [0.4, 0.5) is 0 Å².